The highest BCUT2D eigenvalue weighted by atomic mass is 16.1. The smallest absolute Gasteiger partial charge is 0.157 e. The lowest BCUT2D eigenvalue weighted by Gasteiger charge is -2.03. The average molecular weight is 153 g/mol. The van der Waals surface area contributed by atoms with Crippen molar-refractivity contribution in [2.45, 2.75) is 32.6 Å². The van der Waals surface area contributed by atoms with E-state index in [-0.39, 0.29) is 5.78 Å². The average Bonchev–Trinajstić information content (AvgIpc) is 2.37. The summed E-state index contributed by atoms with van der Waals surface area (Å²) in [6, 6.07) is 0. The minimum atomic E-state index is 0.268. The summed E-state index contributed by atoms with van der Waals surface area (Å²) in [7, 11) is 0. The van der Waals surface area contributed by atoms with Crippen molar-refractivity contribution in [3.8, 4) is 0 Å². The molecular formula is C9H15NO. The van der Waals surface area contributed by atoms with Crippen LogP contribution in [0.25, 0.3) is 0 Å². The van der Waals surface area contributed by atoms with Crippen LogP contribution < -0.4 is 5.32 Å². The third kappa shape index (κ3) is 2.74. The standard InChI is InChI=1S/C9H15NO/c1-2-3-6-10-8-4-5-9(11)7-8/h7,10H,2-6H2,1H3. The third-order valence-corrected chi connectivity index (χ3v) is 1.86. The van der Waals surface area contributed by atoms with Gasteiger partial charge >= 0.3 is 0 Å². The fraction of sp³-hybridized carbons (Fsp3) is 0.667. The molecule has 0 bridgehead atoms. The molecule has 2 nitrogen and oxygen atoms in total. The summed E-state index contributed by atoms with van der Waals surface area (Å²) in [4.78, 5) is 10.8. The normalized spacial score (nSPS) is 16.8. The quantitative estimate of drug-likeness (QED) is 0.622. The van der Waals surface area contributed by atoms with Crippen molar-refractivity contribution in [2.24, 2.45) is 0 Å². The van der Waals surface area contributed by atoms with E-state index in [1.54, 1.807) is 6.08 Å². The van der Waals surface area contributed by atoms with E-state index in [0.717, 1.165) is 18.7 Å². The SMILES string of the molecule is CCCCNC1=CC(=O)CC1. The second kappa shape index (κ2) is 4.16. The number of carbonyl (C=O) groups is 1. The van der Waals surface area contributed by atoms with Gasteiger partial charge in [0.25, 0.3) is 0 Å². The second-order valence-electron chi connectivity index (χ2n) is 2.92. The van der Waals surface area contributed by atoms with Crippen LogP contribution >= 0.6 is 0 Å². The van der Waals surface area contributed by atoms with Gasteiger partial charge in [-0.15, -0.1) is 0 Å². The van der Waals surface area contributed by atoms with Crippen LogP contribution in [0.3, 0.4) is 0 Å². The van der Waals surface area contributed by atoms with Crippen LogP contribution in [0.2, 0.25) is 0 Å². The molecule has 0 unspecified atom stereocenters. The van der Waals surface area contributed by atoms with Gasteiger partial charge in [-0.05, 0) is 12.8 Å². The zero-order valence-electron chi connectivity index (χ0n) is 7.02. The number of allylic oxidation sites excluding steroid dienone is 2. The largest absolute Gasteiger partial charge is 0.388 e. The lowest BCUT2D eigenvalue weighted by atomic mass is 10.3. The zero-order chi connectivity index (χ0) is 8.10. The van der Waals surface area contributed by atoms with Gasteiger partial charge in [-0.1, -0.05) is 13.3 Å². The van der Waals surface area contributed by atoms with Crippen LogP contribution in [0.5, 0.6) is 0 Å². The Hall–Kier alpha value is -0.790. The van der Waals surface area contributed by atoms with Crippen LogP contribution in [0.1, 0.15) is 32.6 Å². The van der Waals surface area contributed by atoms with Crippen molar-refractivity contribution < 1.29 is 4.79 Å². The van der Waals surface area contributed by atoms with E-state index in [1.807, 2.05) is 0 Å². The van der Waals surface area contributed by atoms with Gasteiger partial charge < -0.3 is 5.32 Å². The highest BCUT2D eigenvalue weighted by Crippen LogP contribution is 2.11. The number of unbranched alkanes of at least 4 members (excludes halogenated alkanes) is 1. The molecule has 0 aromatic rings. The number of hydrogen-bond donors (Lipinski definition) is 1. The predicted octanol–water partition coefficient (Wildman–Crippen LogP) is 1.62. The van der Waals surface area contributed by atoms with E-state index in [0.29, 0.717) is 6.42 Å². The molecule has 0 aliphatic heterocycles. The van der Waals surface area contributed by atoms with Crippen molar-refractivity contribution in [3.05, 3.63) is 11.8 Å². The van der Waals surface area contributed by atoms with Crippen LogP contribution in [0.4, 0.5) is 0 Å². The van der Waals surface area contributed by atoms with Gasteiger partial charge in [-0.3, -0.25) is 4.79 Å². The summed E-state index contributed by atoms with van der Waals surface area (Å²) in [5.74, 6) is 0.268. The summed E-state index contributed by atoms with van der Waals surface area (Å²) in [5.41, 5.74) is 1.13. The lowest BCUT2D eigenvalue weighted by Crippen LogP contribution is -2.12. The molecule has 0 heterocycles. The zero-order valence-corrected chi connectivity index (χ0v) is 7.02. The van der Waals surface area contributed by atoms with Crippen molar-refractivity contribution in [1.82, 2.24) is 5.32 Å². The van der Waals surface area contributed by atoms with E-state index < -0.39 is 0 Å². The van der Waals surface area contributed by atoms with E-state index in [2.05, 4.69) is 12.2 Å². The minimum Gasteiger partial charge on any atom is -0.388 e. The summed E-state index contributed by atoms with van der Waals surface area (Å²) in [6.07, 6.45) is 5.74. The number of rotatable bonds is 4. The molecule has 0 radical (unpaired) electrons. The highest BCUT2D eigenvalue weighted by Gasteiger charge is 2.10. The molecule has 0 spiro atoms. The molecule has 62 valence electrons. The van der Waals surface area contributed by atoms with Gasteiger partial charge in [0.15, 0.2) is 5.78 Å². The molecule has 1 rings (SSSR count). The lowest BCUT2D eigenvalue weighted by molar-refractivity contribution is -0.114. The van der Waals surface area contributed by atoms with Crippen LogP contribution in [-0.4, -0.2) is 12.3 Å². The van der Waals surface area contributed by atoms with Crippen LogP contribution in [0.15, 0.2) is 11.8 Å². The topological polar surface area (TPSA) is 29.1 Å². The number of carbonyl (C=O) groups excluding carboxylic acids is 1. The Kier molecular flexibility index (Phi) is 3.14. The van der Waals surface area contributed by atoms with Crippen LogP contribution in [0, 0.1) is 0 Å². The molecule has 0 aromatic carbocycles. The molecule has 0 aromatic heterocycles. The molecule has 1 N–H and O–H groups in total. The maximum atomic E-state index is 10.8. The maximum absolute atomic E-state index is 10.8. The van der Waals surface area contributed by atoms with Gasteiger partial charge in [0.1, 0.15) is 0 Å². The van der Waals surface area contributed by atoms with E-state index in [1.165, 1.54) is 12.8 Å². The molecule has 1 aliphatic carbocycles. The predicted molar refractivity (Wildman–Crippen MR) is 45.2 cm³/mol. The molecule has 0 saturated heterocycles. The molecule has 0 fully saturated rings. The van der Waals surface area contributed by atoms with Gasteiger partial charge in [0.05, 0.1) is 0 Å². The second-order valence-corrected chi connectivity index (χ2v) is 2.92. The first-order valence-electron chi connectivity index (χ1n) is 4.30. The fourth-order valence-electron chi connectivity index (χ4n) is 1.16. The molecule has 2 heteroatoms. The molecule has 11 heavy (non-hydrogen) atoms. The van der Waals surface area contributed by atoms with Crippen molar-refractivity contribution in [1.29, 1.82) is 0 Å². The first-order valence-corrected chi connectivity index (χ1v) is 4.30. The highest BCUT2D eigenvalue weighted by molar-refractivity contribution is 5.92. The Balaban J connectivity index is 2.17. The van der Waals surface area contributed by atoms with Gasteiger partial charge in [0.2, 0.25) is 0 Å². The minimum absolute atomic E-state index is 0.268. The molecular weight excluding hydrogens is 138 g/mol. The van der Waals surface area contributed by atoms with Crippen molar-refractivity contribution in [3.63, 3.8) is 0 Å². The summed E-state index contributed by atoms with van der Waals surface area (Å²) < 4.78 is 0. The van der Waals surface area contributed by atoms with Crippen molar-refractivity contribution in [2.75, 3.05) is 6.54 Å². The summed E-state index contributed by atoms with van der Waals surface area (Å²) >= 11 is 0. The van der Waals surface area contributed by atoms with Gasteiger partial charge in [-0.25, -0.2) is 0 Å². The van der Waals surface area contributed by atoms with E-state index in [9.17, 15) is 4.79 Å². The van der Waals surface area contributed by atoms with Crippen molar-refractivity contribution >= 4 is 5.78 Å². The Bertz CT molecular complexity index is 172. The monoisotopic (exact) mass is 153 g/mol. The number of nitrogens with one attached hydrogen (secondary N) is 1. The Labute approximate surface area is 67.7 Å². The summed E-state index contributed by atoms with van der Waals surface area (Å²) in [5, 5.41) is 3.25. The van der Waals surface area contributed by atoms with E-state index in [4.69, 9.17) is 0 Å². The molecule has 0 amide bonds. The number of hydrogen-bond acceptors (Lipinski definition) is 2. The molecule has 1 aliphatic rings. The van der Waals surface area contributed by atoms with E-state index >= 15 is 0 Å². The molecule has 0 atom stereocenters. The van der Waals surface area contributed by atoms with Gasteiger partial charge in [0, 0.05) is 24.7 Å². The Morgan fingerprint density at radius 1 is 1.55 bits per heavy atom. The third-order valence-electron chi connectivity index (χ3n) is 1.86. The summed E-state index contributed by atoms with van der Waals surface area (Å²) in [6.45, 7) is 3.17. The molecule has 0 saturated carbocycles. The van der Waals surface area contributed by atoms with Gasteiger partial charge in [-0.2, -0.15) is 0 Å². The fourth-order valence-corrected chi connectivity index (χ4v) is 1.16. The Morgan fingerprint density at radius 3 is 2.91 bits per heavy atom. The van der Waals surface area contributed by atoms with Crippen LogP contribution in [-0.2, 0) is 4.79 Å². The maximum Gasteiger partial charge on any atom is 0.157 e. The number of ketones is 1. The first kappa shape index (κ1) is 8.31. The Morgan fingerprint density at radius 2 is 2.36 bits per heavy atom. The first-order chi connectivity index (χ1) is 5.33.